The van der Waals surface area contributed by atoms with Crippen molar-refractivity contribution in [1.82, 2.24) is 4.90 Å². The quantitative estimate of drug-likeness (QED) is 0.860. The first-order chi connectivity index (χ1) is 9.25. The molecule has 0 aliphatic rings. The second kappa shape index (κ2) is 6.88. The van der Waals surface area contributed by atoms with Gasteiger partial charge in [-0.05, 0) is 37.1 Å². The van der Waals surface area contributed by atoms with E-state index in [2.05, 4.69) is 51.5 Å². The average Bonchev–Trinajstić information content (AvgIpc) is 2.37. The van der Waals surface area contributed by atoms with Gasteiger partial charge in [0, 0.05) is 12.6 Å². The minimum absolute atomic E-state index is 0.205. The number of nitrogens with two attached hydrogens (primary N) is 1. The summed E-state index contributed by atoms with van der Waals surface area (Å²) >= 11 is 0. The summed E-state index contributed by atoms with van der Waals surface area (Å²) in [7, 11) is 2.09. The maximum absolute atomic E-state index is 13.6. The molecule has 0 aliphatic carbocycles. The van der Waals surface area contributed by atoms with Crippen LogP contribution in [0.2, 0.25) is 0 Å². The Labute approximate surface area is 122 Å². The van der Waals surface area contributed by atoms with Crippen molar-refractivity contribution in [2.75, 3.05) is 13.6 Å². The van der Waals surface area contributed by atoms with Crippen LogP contribution in [0.4, 0.5) is 4.39 Å². The highest BCUT2D eigenvalue weighted by Crippen LogP contribution is 2.24. The van der Waals surface area contributed by atoms with Crippen LogP contribution in [0.25, 0.3) is 0 Å². The Bertz CT molecular complexity index is 506. The summed E-state index contributed by atoms with van der Waals surface area (Å²) in [5, 5.41) is 0. The number of halogens is 1. The van der Waals surface area contributed by atoms with Crippen LogP contribution in [0.5, 0.6) is 0 Å². The Balaban J connectivity index is 2.88. The SMILES string of the molecule is CC(N(C)Cc1ccc(F)c(C#CCN)c1)C(C)(C)C. The zero-order chi connectivity index (χ0) is 15.3. The molecule has 0 heterocycles. The number of rotatable bonds is 3. The Kier molecular flexibility index (Phi) is 5.74. The van der Waals surface area contributed by atoms with E-state index in [0.717, 1.165) is 12.1 Å². The van der Waals surface area contributed by atoms with Crippen molar-refractivity contribution in [3.8, 4) is 11.8 Å². The molecule has 0 saturated carbocycles. The molecule has 1 atom stereocenters. The predicted molar refractivity (Wildman–Crippen MR) is 82.7 cm³/mol. The maximum atomic E-state index is 13.6. The largest absolute Gasteiger partial charge is 0.320 e. The Morgan fingerprint density at radius 1 is 1.35 bits per heavy atom. The van der Waals surface area contributed by atoms with Crippen LogP contribution in [0.1, 0.15) is 38.8 Å². The molecule has 1 aromatic carbocycles. The van der Waals surface area contributed by atoms with Crippen molar-refractivity contribution in [2.24, 2.45) is 11.1 Å². The van der Waals surface area contributed by atoms with E-state index in [1.807, 2.05) is 12.1 Å². The molecule has 2 N–H and O–H groups in total. The molecule has 1 aromatic rings. The number of hydrogen-bond acceptors (Lipinski definition) is 2. The van der Waals surface area contributed by atoms with Crippen LogP contribution in [0.15, 0.2) is 18.2 Å². The van der Waals surface area contributed by atoms with E-state index in [4.69, 9.17) is 5.73 Å². The third kappa shape index (κ3) is 4.63. The Hall–Kier alpha value is -1.37. The van der Waals surface area contributed by atoms with Crippen LogP contribution in [0.3, 0.4) is 0 Å². The van der Waals surface area contributed by atoms with Gasteiger partial charge in [0.1, 0.15) is 5.82 Å². The second-order valence-corrected chi connectivity index (χ2v) is 6.28. The van der Waals surface area contributed by atoms with Crippen LogP contribution in [-0.4, -0.2) is 24.5 Å². The molecule has 0 bridgehead atoms. The smallest absolute Gasteiger partial charge is 0.138 e. The van der Waals surface area contributed by atoms with E-state index < -0.39 is 0 Å². The fourth-order valence-electron chi connectivity index (χ4n) is 2.00. The van der Waals surface area contributed by atoms with Gasteiger partial charge in [-0.25, -0.2) is 4.39 Å². The fraction of sp³-hybridized carbons (Fsp3) is 0.529. The Morgan fingerprint density at radius 3 is 2.55 bits per heavy atom. The topological polar surface area (TPSA) is 29.3 Å². The second-order valence-electron chi connectivity index (χ2n) is 6.28. The molecule has 0 spiro atoms. The molecule has 0 fully saturated rings. The first-order valence-electron chi connectivity index (χ1n) is 6.93. The lowest BCUT2D eigenvalue weighted by atomic mass is 9.87. The molecule has 0 amide bonds. The molecule has 20 heavy (non-hydrogen) atoms. The van der Waals surface area contributed by atoms with Gasteiger partial charge in [0.2, 0.25) is 0 Å². The fourth-order valence-corrected chi connectivity index (χ4v) is 2.00. The van der Waals surface area contributed by atoms with Crippen LogP contribution < -0.4 is 5.73 Å². The molecule has 1 rings (SSSR count). The summed E-state index contributed by atoms with van der Waals surface area (Å²) in [5.41, 5.74) is 7.02. The van der Waals surface area contributed by atoms with Gasteiger partial charge in [-0.15, -0.1) is 0 Å². The first kappa shape index (κ1) is 16.7. The Morgan fingerprint density at radius 2 is 2.00 bits per heavy atom. The molecule has 3 heteroatoms. The van der Waals surface area contributed by atoms with Crippen molar-refractivity contribution in [1.29, 1.82) is 0 Å². The standard InChI is InChI=1S/C17H25FN2/c1-13(17(2,3)4)20(5)12-14-8-9-16(18)15(11-14)7-6-10-19/h8-9,11,13H,10,12,19H2,1-5H3. The van der Waals surface area contributed by atoms with Crippen LogP contribution >= 0.6 is 0 Å². The van der Waals surface area contributed by atoms with Crippen molar-refractivity contribution in [3.63, 3.8) is 0 Å². The van der Waals surface area contributed by atoms with Crippen LogP contribution in [-0.2, 0) is 6.54 Å². The summed E-state index contributed by atoms with van der Waals surface area (Å²) in [6.07, 6.45) is 0. The van der Waals surface area contributed by atoms with Crippen molar-refractivity contribution in [2.45, 2.75) is 40.3 Å². The zero-order valence-corrected chi connectivity index (χ0v) is 13.1. The van der Waals surface area contributed by atoms with E-state index in [9.17, 15) is 4.39 Å². The lowest BCUT2D eigenvalue weighted by molar-refractivity contribution is 0.134. The third-order valence-corrected chi connectivity index (χ3v) is 3.70. The normalized spacial score (nSPS) is 13.0. The highest BCUT2D eigenvalue weighted by molar-refractivity contribution is 5.38. The van der Waals surface area contributed by atoms with Crippen molar-refractivity contribution in [3.05, 3.63) is 35.1 Å². The molecule has 1 unspecified atom stereocenters. The van der Waals surface area contributed by atoms with E-state index in [0.29, 0.717) is 11.6 Å². The van der Waals surface area contributed by atoms with Gasteiger partial charge in [0.15, 0.2) is 0 Å². The summed E-state index contributed by atoms with van der Waals surface area (Å²) in [4.78, 5) is 2.27. The van der Waals surface area contributed by atoms with Gasteiger partial charge in [-0.1, -0.05) is 38.7 Å². The highest BCUT2D eigenvalue weighted by atomic mass is 19.1. The average molecular weight is 276 g/mol. The van der Waals surface area contributed by atoms with Gasteiger partial charge in [0.05, 0.1) is 12.1 Å². The molecule has 0 saturated heterocycles. The number of hydrogen-bond donors (Lipinski definition) is 1. The van der Waals surface area contributed by atoms with E-state index >= 15 is 0 Å². The molecule has 0 aliphatic heterocycles. The lowest BCUT2D eigenvalue weighted by Gasteiger charge is -2.35. The van der Waals surface area contributed by atoms with Crippen molar-refractivity contribution >= 4 is 0 Å². The predicted octanol–water partition coefficient (Wildman–Crippen LogP) is 3.00. The molecule has 0 aromatic heterocycles. The highest BCUT2D eigenvalue weighted by Gasteiger charge is 2.23. The van der Waals surface area contributed by atoms with Gasteiger partial charge in [-0.2, -0.15) is 0 Å². The summed E-state index contributed by atoms with van der Waals surface area (Å²) in [6.45, 7) is 9.88. The van der Waals surface area contributed by atoms with E-state index in [-0.39, 0.29) is 17.8 Å². The zero-order valence-electron chi connectivity index (χ0n) is 13.1. The molecule has 2 nitrogen and oxygen atoms in total. The minimum atomic E-state index is -0.291. The molecule has 0 radical (unpaired) electrons. The summed E-state index contributed by atoms with van der Waals surface area (Å²) in [6, 6.07) is 5.52. The summed E-state index contributed by atoms with van der Waals surface area (Å²) < 4.78 is 13.6. The number of nitrogens with zero attached hydrogens (tertiary/aromatic N) is 1. The molecular formula is C17H25FN2. The van der Waals surface area contributed by atoms with Gasteiger partial charge < -0.3 is 5.73 Å². The van der Waals surface area contributed by atoms with Crippen LogP contribution in [0, 0.1) is 23.1 Å². The third-order valence-electron chi connectivity index (χ3n) is 3.70. The molecular weight excluding hydrogens is 251 g/mol. The lowest BCUT2D eigenvalue weighted by Crippen LogP contribution is -2.38. The minimum Gasteiger partial charge on any atom is -0.320 e. The molecule has 110 valence electrons. The van der Waals surface area contributed by atoms with Gasteiger partial charge >= 0.3 is 0 Å². The van der Waals surface area contributed by atoms with E-state index in [1.165, 1.54) is 6.07 Å². The van der Waals surface area contributed by atoms with Crippen molar-refractivity contribution < 1.29 is 4.39 Å². The first-order valence-corrected chi connectivity index (χ1v) is 6.93. The van der Waals surface area contributed by atoms with Gasteiger partial charge in [0.25, 0.3) is 0 Å². The van der Waals surface area contributed by atoms with Gasteiger partial charge in [-0.3, -0.25) is 4.90 Å². The maximum Gasteiger partial charge on any atom is 0.138 e. The summed E-state index contributed by atoms with van der Waals surface area (Å²) in [5.74, 6) is 5.18. The monoisotopic (exact) mass is 276 g/mol. The number of benzene rings is 1. The van der Waals surface area contributed by atoms with E-state index in [1.54, 1.807) is 0 Å².